The van der Waals surface area contributed by atoms with Crippen LogP contribution in [0, 0.1) is 11.3 Å². The Morgan fingerprint density at radius 1 is 1.21 bits per heavy atom. The second-order valence-electron chi connectivity index (χ2n) is 4.94. The third-order valence-electron chi connectivity index (χ3n) is 3.20. The maximum absolute atomic E-state index is 12.0. The number of carbonyl (C=O) groups is 1. The van der Waals surface area contributed by atoms with Gasteiger partial charge in [-0.25, -0.2) is 0 Å². The number of nitrogens with one attached hydrogen (secondary N) is 1. The van der Waals surface area contributed by atoms with E-state index in [2.05, 4.69) is 5.32 Å². The molecule has 2 aromatic rings. The Kier molecular flexibility index (Phi) is 5.98. The number of anilines is 1. The van der Waals surface area contributed by atoms with Crippen molar-refractivity contribution in [3.63, 3.8) is 0 Å². The summed E-state index contributed by atoms with van der Waals surface area (Å²) < 4.78 is 10.8. The molecule has 0 spiro atoms. The average Bonchev–Trinajstić information content (AvgIpc) is 2.61. The van der Waals surface area contributed by atoms with Gasteiger partial charge in [-0.2, -0.15) is 5.26 Å². The van der Waals surface area contributed by atoms with Crippen LogP contribution in [0.1, 0.15) is 18.1 Å². The Morgan fingerprint density at radius 2 is 1.96 bits per heavy atom. The monoisotopic (exact) mass is 322 g/mol. The Morgan fingerprint density at radius 3 is 2.58 bits per heavy atom. The van der Waals surface area contributed by atoms with Gasteiger partial charge in [0.2, 0.25) is 0 Å². The molecule has 0 bridgehead atoms. The molecule has 2 aromatic carbocycles. The zero-order chi connectivity index (χ0) is 17.4. The molecule has 0 saturated carbocycles. The van der Waals surface area contributed by atoms with E-state index in [1.54, 1.807) is 37.4 Å². The molecule has 0 radical (unpaired) electrons. The number of nitrogens with zero attached hydrogens (tertiary/aromatic N) is 1. The molecule has 0 aromatic heterocycles. The lowest BCUT2D eigenvalue weighted by Crippen LogP contribution is -2.20. The van der Waals surface area contributed by atoms with Crippen molar-refractivity contribution in [1.82, 2.24) is 0 Å². The van der Waals surface area contributed by atoms with Crippen molar-refractivity contribution >= 4 is 17.7 Å². The largest absolute Gasteiger partial charge is 0.493 e. The van der Waals surface area contributed by atoms with Crippen LogP contribution in [0.15, 0.2) is 48.5 Å². The minimum absolute atomic E-state index is 0.140. The highest BCUT2D eigenvalue weighted by Crippen LogP contribution is 2.28. The normalized spacial score (nSPS) is 10.2. The molecule has 122 valence electrons. The smallest absolute Gasteiger partial charge is 0.262 e. The summed E-state index contributed by atoms with van der Waals surface area (Å²) in [6.07, 6.45) is 3.88. The summed E-state index contributed by atoms with van der Waals surface area (Å²) in [6, 6.07) is 14.1. The summed E-state index contributed by atoms with van der Waals surface area (Å²) in [5.74, 6) is 0.775. The number of methoxy groups -OCH3 is 1. The van der Waals surface area contributed by atoms with Gasteiger partial charge in [-0.15, -0.1) is 0 Å². The number of allylic oxidation sites excluding steroid dienone is 1. The first-order valence-corrected chi connectivity index (χ1v) is 7.40. The summed E-state index contributed by atoms with van der Waals surface area (Å²) in [5.41, 5.74) is 2.14. The van der Waals surface area contributed by atoms with Gasteiger partial charge in [-0.3, -0.25) is 4.79 Å². The van der Waals surface area contributed by atoms with Crippen molar-refractivity contribution in [1.29, 1.82) is 5.26 Å². The fourth-order valence-electron chi connectivity index (χ4n) is 2.07. The molecule has 0 aliphatic heterocycles. The first kappa shape index (κ1) is 17.1. The van der Waals surface area contributed by atoms with Gasteiger partial charge in [0.1, 0.15) is 0 Å². The van der Waals surface area contributed by atoms with Gasteiger partial charge < -0.3 is 14.8 Å². The standard InChI is InChI=1S/C19H18N2O3/c1-3-4-14-7-10-17(18(11-14)23-2)24-13-19(22)21-16-8-5-15(12-20)6-9-16/h3-11H,13H2,1-2H3,(H,21,22). The molecular weight excluding hydrogens is 304 g/mol. The van der Waals surface area contributed by atoms with Crippen LogP contribution in [0.25, 0.3) is 6.08 Å². The molecule has 1 N–H and O–H groups in total. The minimum atomic E-state index is -0.292. The number of hydrogen-bond acceptors (Lipinski definition) is 4. The summed E-state index contributed by atoms with van der Waals surface area (Å²) in [4.78, 5) is 12.0. The van der Waals surface area contributed by atoms with E-state index in [0.29, 0.717) is 22.7 Å². The molecule has 0 fully saturated rings. The first-order valence-electron chi connectivity index (χ1n) is 7.40. The fraction of sp³-hybridized carbons (Fsp3) is 0.158. The Labute approximate surface area is 141 Å². The average molecular weight is 322 g/mol. The van der Waals surface area contributed by atoms with Crippen molar-refractivity contribution in [3.8, 4) is 17.6 Å². The quantitative estimate of drug-likeness (QED) is 0.882. The van der Waals surface area contributed by atoms with E-state index in [1.165, 1.54) is 0 Å². The zero-order valence-corrected chi connectivity index (χ0v) is 13.6. The SMILES string of the molecule is CC=Cc1ccc(OCC(=O)Nc2ccc(C#N)cc2)c(OC)c1. The molecular formula is C19H18N2O3. The highest BCUT2D eigenvalue weighted by atomic mass is 16.5. The predicted octanol–water partition coefficient (Wildman–Crippen LogP) is 3.62. The molecule has 0 saturated heterocycles. The second-order valence-corrected chi connectivity index (χ2v) is 4.94. The second kappa shape index (κ2) is 8.39. The summed E-state index contributed by atoms with van der Waals surface area (Å²) in [6.45, 7) is 1.80. The van der Waals surface area contributed by atoms with Crippen LogP contribution in [0.4, 0.5) is 5.69 Å². The lowest BCUT2D eigenvalue weighted by atomic mass is 10.2. The zero-order valence-electron chi connectivity index (χ0n) is 13.6. The van der Waals surface area contributed by atoms with Crippen LogP contribution in [0.5, 0.6) is 11.5 Å². The molecule has 0 aliphatic rings. The topological polar surface area (TPSA) is 71.3 Å². The Bertz CT molecular complexity index is 774. The van der Waals surface area contributed by atoms with Gasteiger partial charge in [-0.05, 0) is 48.9 Å². The summed E-state index contributed by atoms with van der Waals surface area (Å²) in [5, 5.41) is 11.5. The fourth-order valence-corrected chi connectivity index (χ4v) is 2.07. The highest BCUT2D eigenvalue weighted by molar-refractivity contribution is 5.91. The predicted molar refractivity (Wildman–Crippen MR) is 93.0 cm³/mol. The number of nitriles is 1. The van der Waals surface area contributed by atoms with Crippen LogP contribution in [0.2, 0.25) is 0 Å². The van der Waals surface area contributed by atoms with Crippen LogP contribution in [0.3, 0.4) is 0 Å². The summed E-state index contributed by atoms with van der Waals surface area (Å²) in [7, 11) is 1.55. The third-order valence-corrected chi connectivity index (χ3v) is 3.20. The van der Waals surface area contributed by atoms with Crippen molar-refractivity contribution in [3.05, 3.63) is 59.7 Å². The lowest BCUT2D eigenvalue weighted by Gasteiger charge is -2.11. The summed E-state index contributed by atoms with van der Waals surface area (Å²) >= 11 is 0. The number of benzene rings is 2. The van der Waals surface area contributed by atoms with Gasteiger partial charge in [0, 0.05) is 5.69 Å². The van der Waals surface area contributed by atoms with E-state index < -0.39 is 0 Å². The number of rotatable bonds is 6. The molecule has 24 heavy (non-hydrogen) atoms. The van der Waals surface area contributed by atoms with E-state index in [9.17, 15) is 4.79 Å². The molecule has 5 heteroatoms. The molecule has 0 unspecified atom stereocenters. The van der Waals surface area contributed by atoms with Gasteiger partial charge in [-0.1, -0.05) is 18.2 Å². The maximum Gasteiger partial charge on any atom is 0.262 e. The van der Waals surface area contributed by atoms with Crippen LogP contribution in [-0.2, 0) is 4.79 Å². The van der Waals surface area contributed by atoms with E-state index in [1.807, 2.05) is 37.3 Å². The van der Waals surface area contributed by atoms with Crippen LogP contribution >= 0.6 is 0 Å². The number of carbonyl (C=O) groups excluding carboxylic acids is 1. The van der Waals surface area contributed by atoms with Gasteiger partial charge in [0.05, 0.1) is 18.7 Å². The van der Waals surface area contributed by atoms with Crippen molar-refractivity contribution < 1.29 is 14.3 Å². The molecule has 2 rings (SSSR count). The number of hydrogen-bond donors (Lipinski definition) is 1. The van der Waals surface area contributed by atoms with E-state index >= 15 is 0 Å². The highest BCUT2D eigenvalue weighted by Gasteiger charge is 2.08. The Balaban J connectivity index is 1.96. The third kappa shape index (κ3) is 4.62. The van der Waals surface area contributed by atoms with Gasteiger partial charge in [0.15, 0.2) is 18.1 Å². The molecule has 5 nitrogen and oxygen atoms in total. The maximum atomic E-state index is 12.0. The van der Waals surface area contributed by atoms with Gasteiger partial charge in [0.25, 0.3) is 5.91 Å². The first-order chi connectivity index (χ1) is 11.7. The van der Waals surface area contributed by atoms with Gasteiger partial charge >= 0.3 is 0 Å². The van der Waals surface area contributed by atoms with Crippen molar-refractivity contribution in [2.75, 3.05) is 19.0 Å². The lowest BCUT2D eigenvalue weighted by molar-refractivity contribution is -0.118. The minimum Gasteiger partial charge on any atom is -0.493 e. The van der Waals surface area contributed by atoms with E-state index in [-0.39, 0.29) is 12.5 Å². The van der Waals surface area contributed by atoms with E-state index in [4.69, 9.17) is 14.7 Å². The Hall–Kier alpha value is -3.26. The number of ether oxygens (including phenoxy) is 2. The van der Waals surface area contributed by atoms with E-state index in [0.717, 1.165) is 5.56 Å². The van der Waals surface area contributed by atoms with Crippen molar-refractivity contribution in [2.24, 2.45) is 0 Å². The van der Waals surface area contributed by atoms with Crippen LogP contribution < -0.4 is 14.8 Å². The van der Waals surface area contributed by atoms with Crippen LogP contribution in [-0.4, -0.2) is 19.6 Å². The van der Waals surface area contributed by atoms with Crippen molar-refractivity contribution in [2.45, 2.75) is 6.92 Å². The molecule has 1 amide bonds. The molecule has 0 heterocycles. The number of amides is 1. The molecule has 0 atom stereocenters. The molecule has 0 aliphatic carbocycles.